The van der Waals surface area contributed by atoms with Crippen LogP contribution in [-0.2, 0) is 16.1 Å². The molecule has 3 aromatic rings. The van der Waals surface area contributed by atoms with E-state index in [1.165, 1.54) is 0 Å². The predicted octanol–water partition coefficient (Wildman–Crippen LogP) is 0.873. The molecule has 8 nitrogen and oxygen atoms in total. The van der Waals surface area contributed by atoms with Gasteiger partial charge in [-0.05, 0) is 40.1 Å². The largest absolute Gasteiger partial charge is 0.344 e. The lowest BCUT2D eigenvalue weighted by Crippen LogP contribution is -2.35. The minimum atomic E-state index is -0.787. The SMILES string of the molecule is O=C(NCc1ccncc1)C(=O)Nc1cccc2nonc12. The van der Waals surface area contributed by atoms with Crippen LogP contribution >= 0.6 is 0 Å². The molecule has 0 atom stereocenters. The molecule has 8 heteroatoms. The van der Waals surface area contributed by atoms with E-state index >= 15 is 0 Å². The minimum Gasteiger partial charge on any atom is -0.344 e. The molecular formula is C14H11N5O3. The van der Waals surface area contributed by atoms with Crippen LogP contribution in [0, 0.1) is 0 Å². The van der Waals surface area contributed by atoms with Crippen molar-refractivity contribution in [3.63, 3.8) is 0 Å². The molecular weight excluding hydrogens is 286 g/mol. The average molecular weight is 297 g/mol. The Hall–Kier alpha value is -3.29. The van der Waals surface area contributed by atoms with Crippen LogP contribution in [0.3, 0.4) is 0 Å². The molecule has 0 spiro atoms. The summed E-state index contributed by atoms with van der Waals surface area (Å²) in [5.74, 6) is -1.53. The zero-order chi connectivity index (χ0) is 15.4. The number of nitrogens with zero attached hydrogens (tertiary/aromatic N) is 3. The lowest BCUT2D eigenvalue weighted by molar-refractivity contribution is -0.136. The lowest BCUT2D eigenvalue weighted by atomic mass is 10.2. The van der Waals surface area contributed by atoms with Crippen LogP contribution in [0.15, 0.2) is 47.4 Å². The maximum Gasteiger partial charge on any atom is 0.313 e. The predicted molar refractivity (Wildman–Crippen MR) is 76.5 cm³/mol. The molecule has 0 aliphatic carbocycles. The summed E-state index contributed by atoms with van der Waals surface area (Å²) in [7, 11) is 0. The van der Waals surface area contributed by atoms with Crippen LogP contribution in [0.1, 0.15) is 5.56 Å². The number of carbonyl (C=O) groups excluding carboxylic acids is 2. The number of hydrogen-bond donors (Lipinski definition) is 2. The van der Waals surface area contributed by atoms with Crippen molar-refractivity contribution in [3.05, 3.63) is 48.3 Å². The summed E-state index contributed by atoms with van der Waals surface area (Å²) in [6.45, 7) is 0.241. The number of aromatic nitrogens is 3. The Balaban J connectivity index is 1.64. The van der Waals surface area contributed by atoms with Gasteiger partial charge in [0.25, 0.3) is 0 Å². The van der Waals surface area contributed by atoms with Gasteiger partial charge in [-0.2, -0.15) is 0 Å². The normalized spacial score (nSPS) is 10.4. The van der Waals surface area contributed by atoms with Gasteiger partial charge in [-0.15, -0.1) is 0 Å². The second-order valence-corrected chi connectivity index (χ2v) is 4.43. The number of benzene rings is 1. The quantitative estimate of drug-likeness (QED) is 0.694. The highest BCUT2D eigenvalue weighted by Crippen LogP contribution is 2.19. The Morgan fingerprint density at radius 2 is 1.86 bits per heavy atom. The van der Waals surface area contributed by atoms with Crippen molar-refractivity contribution < 1.29 is 14.2 Å². The van der Waals surface area contributed by atoms with Crippen molar-refractivity contribution >= 4 is 28.5 Å². The molecule has 2 N–H and O–H groups in total. The maximum absolute atomic E-state index is 11.9. The van der Waals surface area contributed by atoms with E-state index in [-0.39, 0.29) is 6.54 Å². The van der Waals surface area contributed by atoms with E-state index < -0.39 is 11.8 Å². The van der Waals surface area contributed by atoms with E-state index in [0.717, 1.165) is 5.56 Å². The van der Waals surface area contributed by atoms with Crippen LogP contribution in [0.25, 0.3) is 11.0 Å². The van der Waals surface area contributed by atoms with Gasteiger partial charge < -0.3 is 10.6 Å². The first-order valence-electron chi connectivity index (χ1n) is 6.43. The fraction of sp³-hybridized carbons (Fsp3) is 0.0714. The fourth-order valence-electron chi connectivity index (χ4n) is 1.85. The number of hydrogen-bond acceptors (Lipinski definition) is 6. The molecule has 0 aliphatic rings. The van der Waals surface area contributed by atoms with Crippen LogP contribution in [-0.4, -0.2) is 27.1 Å². The number of pyridine rings is 1. The van der Waals surface area contributed by atoms with Crippen LogP contribution < -0.4 is 10.6 Å². The van der Waals surface area contributed by atoms with Crippen molar-refractivity contribution in [2.24, 2.45) is 0 Å². The van der Waals surface area contributed by atoms with Gasteiger partial charge in [-0.3, -0.25) is 14.6 Å². The molecule has 2 amide bonds. The van der Waals surface area contributed by atoms with E-state index in [9.17, 15) is 9.59 Å². The van der Waals surface area contributed by atoms with Crippen LogP contribution in [0.2, 0.25) is 0 Å². The topological polar surface area (TPSA) is 110 Å². The van der Waals surface area contributed by atoms with E-state index in [2.05, 4.69) is 30.6 Å². The molecule has 1 aromatic carbocycles. The van der Waals surface area contributed by atoms with Crippen molar-refractivity contribution in [3.8, 4) is 0 Å². The summed E-state index contributed by atoms with van der Waals surface area (Å²) >= 11 is 0. The Kier molecular flexibility index (Phi) is 3.73. The molecule has 2 aromatic heterocycles. The lowest BCUT2D eigenvalue weighted by Gasteiger charge is -2.06. The number of amides is 2. The highest BCUT2D eigenvalue weighted by Gasteiger charge is 2.16. The molecule has 3 rings (SSSR count). The van der Waals surface area contributed by atoms with E-state index in [1.54, 1.807) is 42.7 Å². The van der Waals surface area contributed by atoms with Crippen LogP contribution in [0.5, 0.6) is 0 Å². The molecule has 0 saturated heterocycles. The molecule has 0 fully saturated rings. The summed E-state index contributed by atoms with van der Waals surface area (Å²) in [6.07, 6.45) is 3.22. The Labute approximate surface area is 124 Å². The van der Waals surface area contributed by atoms with Gasteiger partial charge >= 0.3 is 11.8 Å². The first kappa shape index (κ1) is 13.7. The van der Waals surface area contributed by atoms with E-state index in [1.807, 2.05) is 0 Å². The van der Waals surface area contributed by atoms with E-state index in [4.69, 9.17) is 0 Å². The summed E-state index contributed by atoms with van der Waals surface area (Å²) < 4.78 is 4.60. The monoisotopic (exact) mass is 297 g/mol. The molecule has 0 saturated carbocycles. The number of fused-ring (bicyclic) bond motifs is 1. The number of carbonyl (C=O) groups is 2. The molecule has 2 heterocycles. The van der Waals surface area contributed by atoms with Crippen LogP contribution in [0.4, 0.5) is 5.69 Å². The summed E-state index contributed by atoms with van der Waals surface area (Å²) in [5, 5.41) is 12.4. The number of rotatable bonds is 3. The molecule has 110 valence electrons. The van der Waals surface area contributed by atoms with Gasteiger partial charge in [0.2, 0.25) is 0 Å². The highest BCUT2D eigenvalue weighted by atomic mass is 16.6. The third-order valence-corrected chi connectivity index (χ3v) is 2.94. The third-order valence-electron chi connectivity index (χ3n) is 2.94. The smallest absolute Gasteiger partial charge is 0.313 e. The first-order valence-corrected chi connectivity index (χ1v) is 6.43. The van der Waals surface area contributed by atoms with Crippen molar-refractivity contribution in [2.75, 3.05) is 5.32 Å². The highest BCUT2D eigenvalue weighted by molar-refractivity contribution is 6.40. The minimum absolute atomic E-state index is 0.241. The van der Waals surface area contributed by atoms with Crippen molar-refractivity contribution in [2.45, 2.75) is 6.54 Å². The van der Waals surface area contributed by atoms with Gasteiger partial charge in [-0.25, -0.2) is 4.63 Å². The first-order chi connectivity index (χ1) is 10.7. The molecule has 22 heavy (non-hydrogen) atoms. The second kappa shape index (κ2) is 6.00. The molecule has 0 aliphatic heterocycles. The van der Waals surface area contributed by atoms with Gasteiger partial charge in [0, 0.05) is 18.9 Å². The number of nitrogens with one attached hydrogen (secondary N) is 2. The Morgan fingerprint density at radius 3 is 2.68 bits per heavy atom. The van der Waals surface area contributed by atoms with Gasteiger partial charge in [0.15, 0.2) is 5.52 Å². The van der Waals surface area contributed by atoms with Crippen molar-refractivity contribution in [1.29, 1.82) is 0 Å². The van der Waals surface area contributed by atoms with Gasteiger partial charge in [0.1, 0.15) is 5.52 Å². The number of anilines is 1. The fourth-order valence-corrected chi connectivity index (χ4v) is 1.85. The molecule has 0 radical (unpaired) electrons. The molecule has 0 bridgehead atoms. The summed E-state index contributed by atoms with van der Waals surface area (Å²) in [5.41, 5.74) is 2.09. The Morgan fingerprint density at radius 1 is 1.05 bits per heavy atom. The Bertz CT molecular complexity index is 815. The zero-order valence-corrected chi connectivity index (χ0v) is 11.3. The zero-order valence-electron chi connectivity index (χ0n) is 11.3. The summed E-state index contributed by atoms with van der Waals surface area (Å²) in [4.78, 5) is 27.6. The average Bonchev–Trinajstić information content (AvgIpc) is 3.03. The van der Waals surface area contributed by atoms with Crippen molar-refractivity contribution in [1.82, 2.24) is 20.6 Å². The molecule has 0 unspecified atom stereocenters. The van der Waals surface area contributed by atoms with E-state index in [0.29, 0.717) is 16.7 Å². The van der Waals surface area contributed by atoms with Gasteiger partial charge in [0.05, 0.1) is 5.69 Å². The summed E-state index contributed by atoms with van der Waals surface area (Å²) in [6, 6.07) is 8.47. The van der Waals surface area contributed by atoms with Gasteiger partial charge in [-0.1, -0.05) is 6.07 Å². The second-order valence-electron chi connectivity index (χ2n) is 4.43. The standard InChI is InChI=1S/C14H11N5O3/c20-13(16-8-9-4-6-15-7-5-9)14(21)17-10-2-1-3-11-12(10)19-22-18-11/h1-7H,8H2,(H,16,20)(H,17,21). The maximum atomic E-state index is 11.9. The third kappa shape index (κ3) is 2.90.